The van der Waals surface area contributed by atoms with Gasteiger partial charge in [0.05, 0.1) is 30.9 Å². The van der Waals surface area contributed by atoms with E-state index in [2.05, 4.69) is 10.1 Å². The second-order valence-electron chi connectivity index (χ2n) is 7.10. The third kappa shape index (κ3) is 5.82. The van der Waals surface area contributed by atoms with Gasteiger partial charge in [0.2, 0.25) is 6.23 Å². The van der Waals surface area contributed by atoms with Crippen molar-refractivity contribution in [3.63, 3.8) is 0 Å². The Morgan fingerprint density at radius 2 is 1.85 bits per heavy atom. The topological polar surface area (TPSA) is 83.8 Å². The van der Waals surface area contributed by atoms with E-state index in [0.717, 1.165) is 12.1 Å². The summed E-state index contributed by atoms with van der Waals surface area (Å²) in [6.45, 7) is -0.732. The Morgan fingerprint density at radius 1 is 1.18 bits per heavy atom. The highest BCUT2D eigenvalue weighted by Crippen LogP contribution is 2.39. The number of amides is 1. The average molecular weight is 489 g/mol. The fourth-order valence-electron chi connectivity index (χ4n) is 3.24. The summed E-state index contributed by atoms with van der Waals surface area (Å²) in [4.78, 5) is 11.8. The minimum atomic E-state index is -4.92. The van der Waals surface area contributed by atoms with E-state index in [1.165, 1.54) is 37.4 Å². The Labute approximate surface area is 189 Å². The molecule has 3 rings (SSSR count). The predicted molar refractivity (Wildman–Crippen MR) is 106 cm³/mol. The molecule has 1 saturated heterocycles. The van der Waals surface area contributed by atoms with Crippen molar-refractivity contribution in [3.8, 4) is 11.8 Å². The van der Waals surface area contributed by atoms with Crippen LogP contribution in [0.4, 0.5) is 42.5 Å². The Hall–Kier alpha value is -3.66. The molecule has 13 heteroatoms. The van der Waals surface area contributed by atoms with E-state index in [-0.39, 0.29) is 12.4 Å². The Morgan fingerprint density at radius 3 is 2.41 bits per heavy atom. The number of hydrogen-bond acceptors (Lipinski definition) is 6. The van der Waals surface area contributed by atoms with E-state index in [1.807, 2.05) is 0 Å². The standard InChI is InChI=1S/C21H17F6N3O4/c1-32-19(31)29-13-3-6-15(7-4-13)33-11-16-10-30(18(34-16)21(25,26)27)14-5-2-12(9-28)17(8-14)20(22,23)24/h2-8,16,18H,10-11H2,1H3,(H,29,31). The van der Waals surface area contributed by atoms with Gasteiger partial charge < -0.3 is 19.1 Å². The van der Waals surface area contributed by atoms with Crippen LogP contribution < -0.4 is 15.0 Å². The number of methoxy groups -OCH3 is 1. The molecule has 182 valence electrons. The first-order valence-corrected chi connectivity index (χ1v) is 9.60. The maximum absolute atomic E-state index is 13.6. The van der Waals surface area contributed by atoms with Crippen LogP contribution in [0.15, 0.2) is 42.5 Å². The summed E-state index contributed by atoms with van der Waals surface area (Å²) in [5.74, 6) is 0.263. The summed E-state index contributed by atoms with van der Waals surface area (Å²) in [5, 5.41) is 11.3. The van der Waals surface area contributed by atoms with E-state index < -0.39 is 54.1 Å². The fraction of sp³-hybridized carbons (Fsp3) is 0.333. The van der Waals surface area contributed by atoms with Gasteiger partial charge in [-0.3, -0.25) is 5.32 Å². The minimum Gasteiger partial charge on any atom is -0.491 e. The Kier molecular flexibility index (Phi) is 7.11. The van der Waals surface area contributed by atoms with Crippen LogP contribution in [0, 0.1) is 11.3 Å². The molecule has 7 nitrogen and oxygen atoms in total. The molecule has 0 aromatic heterocycles. The van der Waals surface area contributed by atoms with Gasteiger partial charge in [0.25, 0.3) is 0 Å². The number of anilines is 2. The lowest BCUT2D eigenvalue weighted by Gasteiger charge is -2.27. The summed E-state index contributed by atoms with van der Waals surface area (Å²) in [6.07, 6.45) is -14.1. The van der Waals surface area contributed by atoms with E-state index >= 15 is 0 Å². The molecule has 2 aromatic carbocycles. The van der Waals surface area contributed by atoms with Crippen molar-refractivity contribution in [2.45, 2.75) is 24.7 Å². The molecule has 0 bridgehead atoms. The number of halogens is 6. The maximum atomic E-state index is 13.6. The zero-order valence-electron chi connectivity index (χ0n) is 17.4. The number of rotatable bonds is 5. The molecule has 0 radical (unpaired) electrons. The highest BCUT2D eigenvalue weighted by molar-refractivity contribution is 5.84. The van der Waals surface area contributed by atoms with Crippen LogP contribution in [0.5, 0.6) is 5.75 Å². The van der Waals surface area contributed by atoms with Crippen LogP contribution in [0.25, 0.3) is 0 Å². The van der Waals surface area contributed by atoms with Crippen LogP contribution in [-0.2, 0) is 15.7 Å². The number of carbonyl (C=O) groups is 1. The molecule has 0 saturated carbocycles. The lowest BCUT2D eigenvalue weighted by Crippen LogP contribution is -2.42. The van der Waals surface area contributed by atoms with Gasteiger partial charge in [-0.1, -0.05) is 0 Å². The van der Waals surface area contributed by atoms with Crippen molar-refractivity contribution in [2.24, 2.45) is 0 Å². The number of nitrogens with zero attached hydrogens (tertiary/aromatic N) is 2. The highest BCUT2D eigenvalue weighted by atomic mass is 19.4. The van der Waals surface area contributed by atoms with Gasteiger partial charge in [-0.2, -0.15) is 31.6 Å². The number of nitriles is 1. The molecule has 34 heavy (non-hydrogen) atoms. The maximum Gasteiger partial charge on any atom is 0.433 e. The number of ether oxygens (including phenoxy) is 3. The van der Waals surface area contributed by atoms with E-state index in [9.17, 15) is 31.1 Å². The van der Waals surface area contributed by atoms with Gasteiger partial charge in [0.15, 0.2) is 0 Å². The van der Waals surface area contributed by atoms with Gasteiger partial charge in [-0.05, 0) is 42.5 Å². The van der Waals surface area contributed by atoms with Crippen molar-refractivity contribution in [1.29, 1.82) is 5.26 Å². The van der Waals surface area contributed by atoms with E-state index in [4.69, 9.17) is 14.7 Å². The first-order valence-electron chi connectivity index (χ1n) is 9.60. The lowest BCUT2D eigenvalue weighted by atomic mass is 10.1. The smallest absolute Gasteiger partial charge is 0.433 e. The quantitative estimate of drug-likeness (QED) is 0.600. The van der Waals surface area contributed by atoms with Gasteiger partial charge in [-0.25, -0.2) is 4.79 Å². The monoisotopic (exact) mass is 489 g/mol. The van der Waals surface area contributed by atoms with Crippen molar-refractivity contribution < 1.29 is 45.3 Å². The largest absolute Gasteiger partial charge is 0.491 e. The van der Waals surface area contributed by atoms with Crippen LogP contribution in [0.1, 0.15) is 11.1 Å². The lowest BCUT2D eigenvalue weighted by molar-refractivity contribution is -0.215. The van der Waals surface area contributed by atoms with Crippen LogP contribution in [0.3, 0.4) is 0 Å². The summed E-state index contributed by atoms with van der Waals surface area (Å²) in [6, 6.07) is 9.56. The number of alkyl halides is 6. The molecule has 1 aliphatic rings. The number of benzene rings is 2. The fourth-order valence-corrected chi connectivity index (χ4v) is 3.24. The number of nitrogens with one attached hydrogen (secondary N) is 1. The molecule has 1 N–H and O–H groups in total. The molecule has 1 aliphatic heterocycles. The van der Waals surface area contributed by atoms with Crippen molar-refractivity contribution >= 4 is 17.5 Å². The molecular weight excluding hydrogens is 472 g/mol. The first-order chi connectivity index (χ1) is 15.9. The van der Waals surface area contributed by atoms with Crippen LogP contribution >= 0.6 is 0 Å². The summed E-state index contributed by atoms with van der Waals surface area (Å²) in [5.41, 5.74) is -2.05. The molecule has 1 amide bonds. The van der Waals surface area contributed by atoms with Crippen molar-refractivity contribution in [1.82, 2.24) is 0 Å². The van der Waals surface area contributed by atoms with Gasteiger partial charge in [0, 0.05) is 11.4 Å². The minimum absolute atomic E-state index is 0.263. The second-order valence-corrected chi connectivity index (χ2v) is 7.10. The van der Waals surface area contributed by atoms with E-state index in [0.29, 0.717) is 16.7 Å². The van der Waals surface area contributed by atoms with Crippen molar-refractivity contribution in [2.75, 3.05) is 30.5 Å². The third-order valence-electron chi connectivity index (χ3n) is 4.77. The van der Waals surface area contributed by atoms with Crippen LogP contribution in [-0.4, -0.2) is 44.9 Å². The molecule has 1 heterocycles. The Balaban J connectivity index is 1.75. The van der Waals surface area contributed by atoms with Crippen LogP contribution in [0.2, 0.25) is 0 Å². The zero-order valence-corrected chi connectivity index (χ0v) is 17.4. The van der Waals surface area contributed by atoms with Crippen molar-refractivity contribution in [3.05, 3.63) is 53.6 Å². The second kappa shape index (κ2) is 9.68. The SMILES string of the molecule is COC(=O)Nc1ccc(OCC2CN(c3ccc(C#N)c(C(F)(F)F)c3)C(C(F)(F)F)O2)cc1. The summed E-state index contributed by atoms with van der Waals surface area (Å²) < 4.78 is 95.4. The molecular formula is C21H17F6N3O4. The summed E-state index contributed by atoms with van der Waals surface area (Å²) in [7, 11) is 1.19. The molecule has 0 aliphatic carbocycles. The Bertz CT molecular complexity index is 1070. The normalized spacial score (nSPS) is 18.4. The zero-order chi connectivity index (χ0) is 25.1. The number of carbonyl (C=O) groups excluding carboxylic acids is 1. The molecule has 2 unspecified atom stereocenters. The summed E-state index contributed by atoms with van der Waals surface area (Å²) >= 11 is 0. The van der Waals surface area contributed by atoms with Gasteiger partial charge in [-0.15, -0.1) is 0 Å². The third-order valence-corrected chi connectivity index (χ3v) is 4.77. The first kappa shape index (κ1) is 25.0. The highest BCUT2D eigenvalue weighted by Gasteiger charge is 2.51. The molecule has 1 fully saturated rings. The van der Waals surface area contributed by atoms with Gasteiger partial charge >= 0.3 is 18.4 Å². The van der Waals surface area contributed by atoms with Gasteiger partial charge in [0.1, 0.15) is 18.5 Å². The predicted octanol–water partition coefficient (Wildman–Crippen LogP) is 4.93. The molecule has 2 aromatic rings. The average Bonchev–Trinajstić information content (AvgIpc) is 3.22. The molecule has 0 spiro atoms. The molecule has 2 atom stereocenters. The van der Waals surface area contributed by atoms with E-state index in [1.54, 1.807) is 0 Å². The number of hydrogen-bond donors (Lipinski definition) is 1.